The Morgan fingerprint density at radius 3 is 2.56 bits per heavy atom. The monoisotopic (exact) mass is 296 g/mol. The van der Waals surface area contributed by atoms with Crippen LogP contribution in [-0.4, -0.2) is 12.1 Å². The summed E-state index contributed by atoms with van der Waals surface area (Å²) in [6, 6.07) is 3.92. The Kier molecular flexibility index (Phi) is 3.96. The standard InChI is InChI=1S/C10H8BrF3O2/c1-2-8(15)7-4-3-6(11)5-9(7)16-10(12,13)14/h3-5H,2H2,1H3. The average Bonchev–Trinajstić information content (AvgIpc) is 2.14. The zero-order valence-electron chi connectivity index (χ0n) is 8.27. The Morgan fingerprint density at radius 2 is 2.06 bits per heavy atom. The van der Waals surface area contributed by atoms with Crippen LogP contribution in [0, 0.1) is 0 Å². The highest BCUT2D eigenvalue weighted by atomic mass is 79.9. The van der Waals surface area contributed by atoms with Crippen molar-refractivity contribution < 1.29 is 22.7 Å². The van der Waals surface area contributed by atoms with Gasteiger partial charge in [-0.3, -0.25) is 4.79 Å². The van der Waals surface area contributed by atoms with Gasteiger partial charge >= 0.3 is 6.36 Å². The summed E-state index contributed by atoms with van der Waals surface area (Å²) in [5.74, 6) is -0.875. The molecule has 0 saturated heterocycles. The highest BCUT2D eigenvalue weighted by Crippen LogP contribution is 2.30. The smallest absolute Gasteiger partial charge is 0.405 e. The number of alkyl halides is 3. The maximum atomic E-state index is 12.1. The second-order valence-corrected chi connectivity index (χ2v) is 3.88. The summed E-state index contributed by atoms with van der Waals surface area (Å²) in [5, 5.41) is 0. The summed E-state index contributed by atoms with van der Waals surface area (Å²) >= 11 is 3.02. The number of rotatable bonds is 3. The second-order valence-electron chi connectivity index (χ2n) is 2.97. The molecule has 1 aromatic rings. The first-order valence-corrected chi connectivity index (χ1v) is 5.21. The molecule has 0 heterocycles. The van der Waals surface area contributed by atoms with Crippen LogP contribution in [0.5, 0.6) is 5.75 Å². The van der Waals surface area contributed by atoms with Gasteiger partial charge < -0.3 is 4.74 Å². The van der Waals surface area contributed by atoms with E-state index < -0.39 is 17.9 Å². The zero-order valence-corrected chi connectivity index (χ0v) is 9.85. The fourth-order valence-electron chi connectivity index (χ4n) is 1.13. The molecule has 88 valence electrons. The van der Waals surface area contributed by atoms with Crippen molar-refractivity contribution in [3.8, 4) is 5.75 Å². The van der Waals surface area contributed by atoms with Crippen LogP contribution < -0.4 is 4.74 Å². The largest absolute Gasteiger partial charge is 0.573 e. The number of halogens is 4. The van der Waals surface area contributed by atoms with Crippen molar-refractivity contribution in [3.63, 3.8) is 0 Å². The maximum absolute atomic E-state index is 12.1. The van der Waals surface area contributed by atoms with Crippen LogP contribution in [0.1, 0.15) is 23.7 Å². The summed E-state index contributed by atoms with van der Waals surface area (Å²) in [6.45, 7) is 1.57. The molecule has 0 aliphatic carbocycles. The van der Waals surface area contributed by atoms with E-state index >= 15 is 0 Å². The summed E-state index contributed by atoms with van der Waals surface area (Å²) in [7, 11) is 0. The molecule has 0 amide bonds. The van der Waals surface area contributed by atoms with Crippen LogP contribution in [0.2, 0.25) is 0 Å². The number of hydrogen-bond acceptors (Lipinski definition) is 2. The average molecular weight is 297 g/mol. The molecule has 2 nitrogen and oxygen atoms in total. The number of ether oxygens (including phenoxy) is 1. The van der Waals surface area contributed by atoms with E-state index in [0.29, 0.717) is 4.47 Å². The van der Waals surface area contributed by atoms with Crippen molar-refractivity contribution >= 4 is 21.7 Å². The molecule has 0 saturated carbocycles. The van der Waals surface area contributed by atoms with Gasteiger partial charge in [0, 0.05) is 10.9 Å². The van der Waals surface area contributed by atoms with Gasteiger partial charge in [0.05, 0.1) is 5.56 Å². The Morgan fingerprint density at radius 1 is 1.44 bits per heavy atom. The van der Waals surface area contributed by atoms with E-state index in [9.17, 15) is 18.0 Å². The molecule has 0 N–H and O–H groups in total. The minimum Gasteiger partial charge on any atom is -0.405 e. The van der Waals surface area contributed by atoms with Gasteiger partial charge in [0.1, 0.15) is 5.75 Å². The molecule has 0 fully saturated rings. The van der Waals surface area contributed by atoms with E-state index in [4.69, 9.17) is 0 Å². The summed E-state index contributed by atoms with van der Waals surface area (Å²) < 4.78 is 40.4. The molecule has 6 heteroatoms. The fourth-order valence-corrected chi connectivity index (χ4v) is 1.47. The number of benzene rings is 1. The first kappa shape index (κ1) is 13.0. The summed E-state index contributed by atoms with van der Waals surface area (Å²) in [4.78, 5) is 11.4. The minimum atomic E-state index is -4.80. The van der Waals surface area contributed by atoms with Crippen LogP contribution >= 0.6 is 15.9 Å². The number of Topliss-reactive ketones (excluding diaryl/α,β-unsaturated/α-hetero) is 1. The predicted molar refractivity (Wildman–Crippen MR) is 55.4 cm³/mol. The number of carbonyl (C=O) groups excluding carboxylic acids is 1. The predicted octanol–water partition coefficient (Wildman–Crippen LogP) is 3.94. The molecular formula is C10H8BrF3O2. The van der Waals surface area contributed by atoms with Crippen molar-refractivity contribution in [1.29, 1.82) is 0 Å². The van der Waals surface area contributed by atoms with Gasteiger partial charge in [0.15, 0.2) is 5.78 Å². The van der Waals surface area contributed by atoms with E-state index in [1.807, 2.05) is 0 Å². The van der Waals surface area contributed by atoms with Crippen molar-refractivity contribution in [2.45, 2.75) is 19.7 Å². The van der Waals surface area contributed by atoms with E-state index in [1.165, 1.54) is 12.1 Å². The molecule has 16 heavy (non-hydrogen) atoms. The molecule has 0 unspecified atom stereocenters. The van der Waals surface area contributed by atoms with Crippen LogP contribution in [-0.2, 0) is 0 Å². The van der Waals surface area contributed by atoms with Crippen molar-refractivity contribution in [3.05, 3.63) is 28.2 Å². The van der Waals surface area contributed by atoms with Gasteiger partial charge in [-0.1, -0.05) is 22.9 Å². The topological polar surface area (TPSA) is 26.3 Å². The molecule has 0 bridgehead atoms. The van der Waals surface area contributed by atoms with Gasteiger partial charge in [-0.05, 0) is 18.2 Å². The lowest BCUT2D eigenvalue weighted by atomic mass is 10.1. The maximum Gasteiger partial charge on any atom is 0.573 e. The van der Waals surface area contributed by atoms with E-state index in [2.05, 4.69) is 20.7 Å². The van der Waals surface area contributed by atoms with E-state index in [-0.39, 0.29) is 12.0 Å². The van der Waals surface area contributed by atoms with E-state index in [1.54, 1.807) is 6.92 Å². The molecule has 0 spiro atoms. The highest BCUT2D eigenvalue weighted by Gasteiger charge is 2.32. The summed E-state index contributed by atoms with van der Waals surface area (Å²) in [6.07, 6.45) is -4.68. The Labute approximate surface area is 98.5 Å². The molecule has 0 aromatic heterocycles. The van der Waals surface area contributed by atoms with Crippen LogP contribution in [0.3, 0.4) is 0 Å². The van der Waals surface area contributed by atoms with Crippen molar-refractivity contribution in [1.82, 2.24) is 0 Å². The Hall–Kier alpha value is -1.04. The third-order valence-corrected chi connectivity index (χ3v) is 2.28. The first-order chi connectivity index (χ1) is 7.33. The normalized spacial score (nSPS) is 11.3. The quantitative estimate of drug-likeness (QED) is 0.790. The SMILES string of the molecule is CCC(=O)c1ccc(Br)cc1OC(F)(F)F. The van der Waals surface area contributed by atoms with Gasteiger partial charge in [0.25, 0.3) is 0 Å². The van der Waals surface area contributed by atoms with E-state index in [0.717, 1.165) is 6.07 Å². The molecule has 1 rings (SSSR count). The van der Waals surface area contributed by atoms with Gasteiger partial charge in [-0.2, -0.15) is 0 Å². The molecule has 0 aliphatic rings. The van der Waals surface area contributed by atoms with Crippen molar-refractivity contribution in [2.24, 2.45) is 0 Å². The van der Waals surface area contributed by atoms with Crippen LogP contribution in [0.4, 0.5) is 13.2 Å². The Balaban J connectivity index is 3.13. The lowest BCUT2D eigenvalue weighted by Crippen LogP contribution is -2.19. The van der Waals surface area contributed by atoms with Gasteiger partial charge in [-0.15, -0.1) is 13.2 Å². The molecule has 0 radical (unpaired) electrons. The summed E-state index contributed by atoms with van der Waals surface area (Å²) in [5.41, 5.74) is -0.0666. The molecule has 0 aliphatic heterocycles. The lowest BCUT2D eigenvalue weighted by Gasteiger charge is -2.12. The third-order valence-electron chi connectivity index (χ3n) is 1.79. The fraction of sp³-hybridized carbons (Fsp3) is 0.300. The van der Waals surface area contributed by atoms with Crippen molar-refractivity contribution in [2.75, 3.05) is 0 Å². The third kappa shape index (κ3) is 3.52. The lowest BCUT2D eigenvalue weighted by molar-refractivity contribution is -0.274. The van der Waals surface area contributed by atoms with Gasteiger partial charge in [0.2, 0.25) is 0 Å². The number of hydrogen-bond donors (Lipinski definition) is 0. The Bertz CT molecular complexity index is 402. The second kappa shape index (κ2) is 4.86. The van der Waals surface area contributed by atoms with Gasteiger partial charge in [-0.25, -0.2) is 0 Å². The van der Waals surface area contributed by atoms with Crippen LogP contribution in [0.25, 0.3) is 0 Å². The molecular weight excluding hydrogens is 289 g/mol. The van der Waals surface area contributed by atoms with Crippen LogP contribution in [0.15, 0.2) is 22.7 Å². The number of ketones is 1. The number of carbonyl (C=O) groups is 1. The highest BCUT2D eigenvalue weighted by molar-refractivity contribution is 9.10. The molecule has 1 aromatic carbocycles. The minimum absolute atomic E-state index is 0.0666. The first-order valence-electron chi connectivity index (χ1n) is 4.42. The zero-order chi connectivity index (χ0) is 12.3. The molecule has 0 atom stereocenters.